The first-order valence-corrected chi connectivity index (χ1v) is 8.08. The number of amides is 1. The van der Waals surface area contributed by atoms with Crippen molar-refractivity contribution in [3.8, 4) is 5.75 Å². The number of carboxylic acid groups (broad SMARTS) is 1. The molecule has 132 valence electrons. The Morgan fingerprint density at radius 2 is 2.08 bits per heavy atom. The molecule has 24 heavy (non-hydrogen) atoms. The zero-order valence-electron chi connectivity index (χ0n) is 14.4. The van der Waals surface area contributed by atoms with Gasteiger partial charge in [0.1, 0.15) is 5.75 Å². The van der Waals surface area contributed by atoms with Crippen LogP contribution in [-0.2, 0) is 20.7 Å². The summed E-state index contributed by atoms with van der Waals surface area (Å²) in [6.07, 6.45) is 0.0234. The van der Waals surface area contributed by atoms with E-state index < -0.39 is 17.5 Å². The van der Waals surface area contributed by atoms with Gasteiger partial charge in [-0.3, -0.25) is 9.59 Å². The lowest BCUT2D eigenvalue weighted by Gasteiger charge is -2.37. The van der Waals surface area contributed by atoms with Crippen molar-refractivity contribution < 1.29 is 24.2 Å². The minimum Gasteiger partial charge on any atom is -0.496 e. The highest BCUT2D eigenvalue weighted by atomic mass is 16.5. The van der Waals surface area contributed by atoms with Crippen LogP contribution in [0.2, 0.25) is 0 Å². The van der Waals surface area contributed by atoms with Crippen molar-refractivity contribution in [2.75, 3.05) is 26.8 Å². The Hall–Kier alpha value is -2.08. The maximum atomic E-state index is 12.9. The topological polar surface area (TPSA) is 76.1 Å². The Morgan fingerprint density at radius 1 is 1.38 bits per heavy atom. The highest BCUT2D eigenvalue weighted by Crippen LogP contribution is 2.30. The van der Waals surface area contributed by atoms with Gasteiger partial charge in [0.15, 0.2) is 0 Å². The number of carbonyl (C=O) groups is 2. The van der Waals surface area contributed by atoms with Gasteiger partial charge in [0, 0.05) is 18.5 Å². The van der Waals surface area contributed by atoms with E-state index in [4.69, 9.17) is 14.6 Å². The van der Waals surface area contributed by atoms with Crippen molar-refractivity contribution in [2.45, 2.75) is 32.8 Å². The summed E-state index contributed by atoms with van der Waals surface area (Å²) < 4.78 is 10.8. The summed E-state index contributed by atoms with van der Waals surface area (Å²) in [6, 6.07) is 7.67. The fourth-order valence-electron chi connectivity index (χ4n) is 3.05. The van der Waals surface area contributed by atoms with E-state index in [2.05, 4.69) is 0 Å². The van der Waals surface area contributed by atoms with Gasteiger partial charge in [0.25, 0.3) is 0 Å². The van der Waals surface area contributed by atoms with Crippen LogP contribution in [0.1, 0.15) is 25.8 Å². The predicted molar refractivity (Wildman–Crippen MR) is 89.1 cm³/mol. The van der Waals surface area contributed by atoms with E-state index in [0.29, 0.717) is 26.1 Å². The second-order valence-corrected chi connectivity index (χ2v) is 6.71. The molecule has 6 nitrogen and oxygen atoms in total. The summed E-state index contributed by atoms with van der Waals surface area (Å²) >= 11 is 0. The first-order valence-electron chi connectivity index (χ1n) is 8.08. The zero-order valence-corrected chi connectivity index (χ0v) is 14.4. The van der Waals surface area contributed by atoms with Gasteiger partial charge in [-0.25, -0.2) is 0 Å². The minimum atomic E-state index is -0.914. The number of ether oxygens (including phenoxy) is 2. The van der Waals surface area contributed by atoms with Gasteiger partial charge in [0.05, 0.1) is 26.2 Å². The number of methoxy groups -OCH3 is 1. The third kappa shape index (κ3) is 4.47. The lowest BCUT2D eigenvalue weighted by Crippen LogP contribution is -2.51. The molecular formula is C18H25NO5. The third-order valence-corrected chi connectivity index (χ3v) is 4.23. The van der Waals surface area contributed by atoms with E-state index in [1.807, 2.05) is 38.1 Å². The number of carbonyl (C=O) groups excluding carboxylic acids is 1. The largest absolute Gasteiger partial charge is 0.496 e. The van der Waals surface area contributed by atoms with Gasteiger partial charge in [-0.1, -0.05) is 32.0 Å². The molecule has 0 radical (unpaired) electrons. The molecule has 1 aliphatic heterocycles. The summed E-state index contributed by atoms with van der Waals surface area (Å²) in [5, 5.41) is 8.91. The summed E-state index contributed by atoms with van der Waals surface area (Å²) in [6.45, 7) is 4.99. The third-order valence-electron chi connectivity index (χ3n) is 4.23. The highest BCUT2D eigenvalue weighted by molar-refractivity contribution is 5.82. The maximum Gasteiger partial charge on any atom is 0.306 e. The molecule has 1 saturated heterocycles. The average molecular weight is 335 g/mol. The Bertz CT molecular complexity index is 599. The summed E-state index contributed by atoms with van der Waals surface area (Å²) in [7, 11) is 1.62. The van der Waals surface area contributed by atoms with Crippen molar-refractivity contribution in [2.24, 2.45) is 5.41 Å². The van der Waals surface area contributed by atoms with Crippen LogP contribution in [0.5, 0.6) is 5.75 Å². The summed E-state index contributed by atoms with van der Waals surface area (Å²) in [5.74, 6) is -0.140. The molecule has 1 aromatic rings. The van der Waals surface area contributed by atoms with Crippen molar-refractivity contribution in [3.63, 3.8) is 0 Å². The lowest BCUT2D eigenvalue weighted by atomic mass is 9.83. The SMILES string of the molecule is COc1ccccc1CC(C)(C)C(=O)N1CCO[C@H](CC(=O)O)C1. The van der Waals surface area contributed by atoms with E-state index in [-0.39, 0.29) is 12.3 Å². The molecule has 1 heterocycles. The molecule has 6 heteroatoms. The van der Waals surface area contributed by atoms with Crippen LogP contribution < -0.4 is 4.74 Å². The molecule has 0 aromatic heterocycles. The van der Waals surface area contributed by atoms with Crippen LogP contribution in [0, 0.1) is 5.41 Å². The van der Waals surface area contributed by atoms with Gasteiger partial charge in [-0.15, -0.1) is 0 Å². The van der Waals surface area contributed by atoms with E-state index in [9.17, 15) is 9.59 Å². The molecular weight excluding hydrogens is 310 g/mol. The van der Waals surface area contributed by atoms with E-state index in [1.54, 1.807) is 12.0 Å². The van der Waals surface area contributed by atoms with Gasteiger partial charge in [-0.05, 0) is 18.1 Å². The lowest BCUT2D eigenvalue weighted by molar-refractivity contribution is -0.152. The minimum absolute atomic E-state index is 0.00657. The second-order valence-electron chi connectivity index (χ2n) is 6.71. The number of morpholine rings is 1. The molecule has 0 spiro atoms. The quantitative estimate of drug-likeness (QED) is 0.860. The second kappa shape index (κ2) is 7.66. The Kier molecular flexibility index (Phi) is 5.83. The molecule has 0 unspecified atom stereocenters. The normalized spacial score (nSPS) is 18.3. The summed E-state index contributed by atoms with van der Waals surface area (Å²) in [4.78, 5) is 25.5. The van der Waals surface area contributed by atoms with Crippen molar-refractivity contribution in [3.05, 3.63) is 29.8 Å². The number of nitrogens with zero attached hydrogens (tertiary/aromatic N) is 1. The molecule has 0 bridgehead atoms. The first kappa shape index (κ1) is 18.3. The molecule has 1 N–H and O–H groups in total. The number of hydrogen-bond donors (Lipinski definition) is 1. The Morgan fingerprint density at radius 3 is 2.75 bits per heavy atom. The monoisotopic (exact) mass is 335 g/mol. The van der Waals surface area contributed by atoms with Gasteiger partial charge >= 0.3 is 5.97 Å². The maximum absolute atomic E-state index is 12.9. The predicted octanol–water partition coefficient (Wildman–Crippen LogP) is 1.97. The smallest absolute Gasteiger partial charge is 0.306 e. The zero-order chi connectivity index (χ0) is 17.7. The van der Waals surface area contributed by atoms with Crippen LogP contribution in [0.4, 0.5) is 0 Å². The Balaban J connectivity index is 2.07. The fraction of sp³-hybridized carbons (Fsp3) is 0.556. The number of carboxylic acids is 1. The number of aliphatic carboxylic acids is 1. The fourth-order valence-corrected chi connectivity index (χ4v) is 3.05. The number of rotatable bonds is 6. The molecule has 1 aromatic carbocycles. The molecule has 0 aliphatic carbocycles. The average Bonchev–Trinajstić information content (AvgIpc) is 2.54. The van der Waals surface area contributed by atoms with Gasteiger partial charge in [0.2, 0.25) is 5.91 Å². The Labute approximate surface area is 142 Å². The molecule has 0 saturated carbocycles. The van der Waals surface area contributed by atoms with E-state index >= 15 is 0 Å². The molecule has 1 fully saturated rings. The van der Waals surface area contributed by atoms with Gasteiger partial charge in [-0.2, -0.15) is 0 Å². The van der Waals surface area contributed by atoms with Crippen molar-refractivity contribution in [1.82, 2.24) is 4.90 Å². The van der Waals surface area contributed by atoms with E-state index in [1.165, 1.54) is 0 Å². The van der Waals surface area contributed by atoms with Crippen LogP contribution in [-0.4, -0.2) is 54.8 Å². The molecule has 1 aliphatic rings. The number of para-hydroxylation sites is 1. The van der Waals surface area contributed by atoms with Crippen LogP contribution in [0.15, 0.2) is 24.3 Å². The molecule has 2 rings (SSSR count). The van der Waals surface area contributed by atoms with Crippen LogP contribution in [0.25, 0.3) is 0 Å². The molecule has 1 amide bonds. The first-order chi connectivity index (χ1) is 11.3. The van der Waals surface area contributed by atoms with Crippen molar-refractivity contribution in [1.29, 1.82) is 0 Å². The highest BCUT2D eigenvalue weighted by Gasteiger charge is 2.36. The van der Waals surface area contributed by atoms with Crippen LogP contribution >= 0.6 is 0 Å². The van der Waals surface area contributed by atoms with Crippen molar-refractivity contribution >= 4 is 11.9 Å². The summed E-state index contributed by atoms with van der Waals surface area (Å²) in [5.41, 5.74) is 0.369. The molecule has 1 atom stereocenters. The van der Waals surface area contributed by atoms with E-state index in [0.717, 1.165) is 11.3 Å². The number of hydrogen-bond acceptors (Lipinski definition) is 4. The number of benzene rings is 1. The van der Waals surface area contributed by atoms with Crippen LogP contribution in [0.3, 0.4) is 0 Å². The standard InChI is InChI=1S/C18H25NO5/c1-18(2,11-13-6-4-5-7-15(13)23-3)17(22)19-8-9-24-14(12-19)10-16(20)21/h4-7,14H,8-12H2,1-3H3,(H,20,21)/t14-/m1/s1. The van der Waals surface area contributed by atoms with Gasteiger partial charge < -0.3 is 19.5 Å².